The maximum Gasteiger partial charge on any atom is 0.155 e. The summed E-state index contributed by atoms with van der Waals surface area (Å²) in [5.74, 6) is 0.261. The van der Waals surface area contributed by atoms with Crippen LogP contribution in [0.2, 0.25) is 0 Å². The fourth-order valence-corrected chi connectivity index (χ4v) is 4.13. The largest absolute Gasteiger partial charge is 0.396 e. The Balaban J connectivity index is 2.29. The number of ether oxygens (including phenoxy) is 1. The summed E-state index contributed by atoms with van der Waals surface area (Å²) < 4.78 is 29.2. The van der Waals surface area contributed by atoms with Crippen molar-refractivity contribution >= 4 is 9.84 Å². The van der Waals surface area contributed by atoms with Crippen LogP contribution < -0.4 is 0 Å². The third kappa shape index (κ3) is 4.03. The highest BCUT2D eigenvalue weighted by Gasteiger charge is 2.34. The molecule has 5 heteroatoms. The predicted molar refractivity (Wildman–Crippen MR) is 63.2 cm³/mol. The van der Waals surface area contributed by atoms with Crippen molar-refractivity contribution in [2.24, 2.45) is 0 Å². The first-order chi connectivity index (χ1) is 7.58. The van der Waals surface area contributed by atoms with Gasteiger partial charge in [-0.25, -0.2) is 8.42 Å². The molecule has 0 unspecified atom stereocenters. The number of unbranched alkanes of at least 4 members (excludes halogenated alkanes) is 3. The molecule has 0 saturated carbocycles. The summed E-state index contributed by atoms with van der Waals surface area (Å²) in [7, 11) is -2.98. The molecular weight excluding hydrogens is 228 g/mol. The van der Waals surface area contributed by atoms with Crippen LogP contribution >= 0.6 is 0 Å². The minimum absolute atomic E-state index is 0.151. The lowest BCUT2D eigenvalue weighted by atomic mass is 10.2. The molecule has 4 nitrogen and oxygen atoms in total. The molecule has 0 aromatic rings. The zero-order valence-corrected chi connectivity index (χ0v) is 10.7. The highest BCUT2D eigenvalue weighted by atomic mass is 32.2. The Morgan fingerprint density at radius 3 is 2.50 bits per heavy atom. The first-order valence-corrected chi connectivity index (χ1v) is 7.73. The zero-order chi connectivity index (χ0) is 12.0. The third-order valence-corrected chi connectivity index (χ3v) is 5.50. The molecule has 1 N–H and O–H groups in total. The van der Waals surface area contributed by atoms with Gasteiger partial charge in [-0.15, -0.1) is 0 Å². The normalized spacial score (nSPS) is 26.1. The third-order valence-electron chi connectivity index (χ3n) is 3.10. The first kappa shape index (κ1) is 13.9. The van der Waals surface area contributed by atoms with Gasteiger partial charge in [0.2, 0.25) is 0 Å². The van der Waals surface area contributed by atoms with Gasteiger partial charge in [-0.3, -0.25) is 0 Å². The van der Waals surface area contributed by atoms with Crippen molar-refractivity contribution < 1.29 is 18.3 Å². The van der Waals surface area contributed by atoms with Crippen molar-refractivity contribution in [3.63, 3.8) is 0 Å². The van der Waals surface area contributed by atoms with Gasteiger partial charge in [0, 0.05) is 13.2 Å². The van der Waals surface area contributed by atoms with E-state index < -0.39 is 9.84 Å². The number of hydrogen-bond acceptors (Lipinski definition) is 4. The van der Waals surface area contributed by atoms with E-state index in [0.717, 1.165) is 19.3 Å². The van der Waals surface area contributed by atoms with Gasteiger partial charge in [-0.05, 0) is 26.2 Å². The molecule has 1 aliphatic rings. The predicted octanol–water partition coefficient (Wildman–Crippen LogP) is 1.13. The van der Waals surface area contributed by atoms with E-state index in [9.17, 15) is 8.42 Å². The van der Waals surface area contributed by atoms with E-state index >= 15 is 0 Å². The molecule has 0 aliphatic carbocycles. The molecule has 1 fully saturated rings. The summed E-state index contributed by atoms with van der Waals surface area (Å²) in [6.45, 7) is 2.59. The average Bonchev–Trinajstić information content (AvgIpc) is 2.65. The van der Waals surface area contributed by atoms with Gasteiger partial charge in [-0.2, -0.15) is 0 Å². The van der Waals surface area contributed by atoms with Crippen LogP contribution in [0.25, 0.3) is 0 Å². The Hall–Kier alpha value is -0.130. The summed E-state index contributed by atoms with van der Waals surface area (Å²) in [6, 6.07) is 0. The minimum Gasteiger partial charge on any atom is -0.396 e. The summed E-state index contributed by atoms with van der Waals surface area (Å²) in [4.78, 5) is 0. The number of sulfone groups is 1. The number of rotatable bonds is 7. The van der Waals surface area contributed by atoms with Gasteiger partial charge in [0.15, 0.2) is 9.84 Å². The summed E-state index contributed by atoms with van der Waals surface area (Å²) in [6.07, 6.45) is 3.74. The SMILES string of the molecule is C[C@H]1OCC[C@@H]1S(=O)(=O)CCCCCCO. The molecule has 0 bridgehead atoms. The van der Waals surface area contributed by atoms with Crippen molar-refractivity contribution in [3.8, 4) is 0 Å². The maximum absolute atomic E-state index is 11.9. The van der Waals surface area contributed by atoms with Crippen molar-refractivity contribution in [3.05, 3.63) is 0 Å². The van der Waals surface area contributed by atoms with Gasteiger partial charge in [-0.1, -0.05) is 12.8 Å². The van der Waals surface area contributed by atoms with Gasteiger partial charge in [0.05, 0.1) is 17.1 Å². The molecule has 0 spiro atoms. The summed E-state index contributed by atoms with van der Waals surface area (Å²) >= 11 is 0. The molecule has 1 heterocycles. The molecule has 0 aromatic carbocycles. The lowest BCUT2D eigenvalue weighted by molar-refractivity contribution is 0.126. The van der Waals surface area contributed by atoms with Crippen LogP contribution in [-0.4, -0.2) is 43.8 Å². The van der Waals surface area contributed by atoms with Crippen LogP contribution in [0.3, 0.4) is 0 Å². The van der Waals surface area contributed by atoms with E-state index in [2.05, 4.69) is 0 Å². The van der Waals surface area contributed by atoms with Crippen LogP contribution in [-0.2, 0) is 14.6 Å². The van der Waals surface area contributed by atoms with Crippen LogP contribution in [0.15, 0.2) is 0 Å². The summed E-state index contributed by atoms with van der Waals surface area (Å²) in [5, 5.41) is 8.30. The number of aliphatic hydroxyl groups excluding tert-OH is 1. The van der Waals surface area contributed by atoms with Crippen LogP contribution in [0.1, 0.15) is 39.0 Å². The molecule has 16 heavy (non-hydrogen) atoms. The van der Waals surface area contributed by atoms with Crippen LogP contribution in [0, 0.1) is 0 Å². The molecule has 1 aliphatic heterocycles. The van der Waals surface area contributed by atoms with Gasteiger partial charge in [0.1, 0.15) is 0 Å². The van der Waals surface area contributed by atoms with Crippen molar-refractivity contribution in [1.29, 1.82) is 0 Å². The lowest BCUT2D eigenvalue weighted by Crippen LogP contribution is -2.30. The minimum atomic E-state index is -2.98. The zero-order valence-electron chi connectivity index (χ0n) is 9.89. The molecule has 1 saturated heterocycles. The smallest absolute Gasteiger partial charge is 0.155 e. The maximum atomic E-state index is 11.9. The number of aliphatic hydroxyl groups is 1. The van der Waals surface area contributed by atoms with E-state index in [-0.39, 0.29) is 23.7 Å². The fourth-order valence-electron chi connectivity index (χ4n) is 2.10. The molecule has 96 valence electrons. The Morgan fingerprint density at radius 2 is 1.94 bits per heavy atom. The lowest BCUT2D eigenvalue weighted by Gasteiger charge is -2.14. The molecular formula is C11H22O4S. The molecule has 0 amide bonds. The molecule has 0 radical (unpaired) electrons. The van der Waals surface area contributed by atoms with Crippen LogP contribution in [0.5, 0.6) is 0 Å². The van der Waals surface area contributed by atoms with E-state index in [1.807, 2.05) is 6.92 Å². The second-order valence-electron chi connectivity index (χ2n) is 4.41. The standard InChI is InChI=1S/C11H22O4S/c1-10-11(6-8-15-10)16(13,14)9-5-3-2-4-7-12/h10-12H,2-9H2,1H3/t10-,11+/m1/s1. The van der Waals surface area contributed by atoms with Gasteiger partial charge >= 0.3 is 0 Å². The first-order valence-electron chi connectivity index (χ1n) is 6.02. The monoisotopic (exact) mass is 250 g/mol. The fraction of sp³-hybridized carbons (Fsp3) is 1.00. The highest BCUT2D eigenvalue weighted by Crippen LogP contribution is 2.22. The van der Waals surface area contributed by atoms with Crippen molar-refractivity contribution in [2.75, 3.05) is 19.0 Å². The Bertz CT molecular complexity index is 286. The summed E-state index contributed by atoms with van der Waals surface area (Å²) in [5.41, 5.74) is 0. The second kappa shape index (κ2) is 6.57. The Morgan fingerprint density at radius 1 is 1.25 bits per heavy atom. The molecule has 2 atom stereocenters. The van der Waals surface area contributed by atoms with Crippen molar-refractivity contribution in [1.82, 2.24) is 0 Å². The average molecular weight is 250 g/mol. The molecule has 0 aromatic heterocycles. The highest BCUT2D eigenvalue weighted by molar-refractivity contribution is 7.92. The van der Waals surface area contributed by atoms with Crippen molar-refractivity contribution in [2.45, 2.75) is 50.4 Å². The Kier molecular flexibility index (Phi) is 5.72. The van der Waals surface area contributed by atoms with Gasteiger partial charge in [0.25, 0.3) is 0 Å². The number of hydrogen-bond donors (Lipinski definition) is 1. The topological polar surface area (TPSA) is 63.6 Å². The van der Waals surface area contributed by atoms with E-state index in [0.29, 0.717) is 19.4 Å². The van der Waals surface area contributed by atoms with E-state index in [1.54, 1.807) is 0 Å². The molecule has 1 rings (SSSR count). The van der Waals surface area contributed by atoms with E-state index in [1.165, 1.54) is 0 Å². The quantitative estimate of drug-likeness (QED) is 0.688. The second-order valence-corrected chi connectivity index (χ2v) is 6.75. The van der Waals surface area contributed by atoms with Gasteiger partial charge < -0.3 is 9.84 Å². The Labute approximate surface area is 97.9 Å². The van der Waals surface area contributed by atoms with Crippen LogP contribution in [0.4, 0.5) is 0 Å². The van der Waals surface area contributed by atoms with E-state index in [4.69, 9.17) is 9.84 Å².